The molecule has 0 aromatic heterocycles. The Bertz CT molecular complexity index is 616. The molecule has 0 atom stereocenters. The zero-order valence-electron chi connectivity index (χ0n) is 11.8. The van der Waals surface area contributed by atoms with Crippen LogP contribution in [0, 0.1) is 10.1 Å². The number of urea groups is 1. The van der Waals surface area contributed by atoms with Crippen molar-refractivity contribution < 1.29 is 24.0 Å². The molecular weight excluding hydrogens is 296 g/mol. The summed E-state index contributed by atoms with van der Waals surface area (Å²) in [6.45, 7) is -0.513. The average Bonchev–Trinajstić information content (AvgIpc) is 2.51. The van der Waals surface area contributed by atoms with E-state index >= 15 is 0 Å². The van der Waals surface area contributed by atoms with E-state index in [9.17, 15) is 24.5 Å². The van der Waals surface area contributed by atoms with Crippen LogP contribution in [0.2, 0.25) is 0 Å². The number of ether oxygens (including phenoxy) is 1. The number of rotatable bonds is 5. The second kappa shape index (κ2) is 7.57. The summed E-state index contributed by atoms with van der Waals surface area (Å²) in [6.07, 6.45) is 0. The Kier molecular flexibility index (Phi) is 5.81. The zero-order valence-corrected chi connectivity index (χ0v) is 11.8. The van der Waals surface area contributed by atoms with Crippen LogP contribution in [0.15, 0.2) is 18.2 Å². The predicted molar refractivity (Wildman–Crippen MR) is 74.6 cm³/mol. The zero-order chi connectivity index (χ0) is 16.7. The summed E-state index contributed by atoms with van der Waals surface area (Å²) in [5.74, 6) is -1.35. The molecule has 0 saturated carbocycles. The Morgan fingerprint density at radius 1 is 1.32 bits per heavy atom. The van der Waals surface area contributed by atoms with Gasteiger partial charge in [0.25, 0.3) is 11.6 Å². The number of hydrogen-bond donors (Lipinski definition) is 3. The van der Waals surface area contributed by atoms with Crippen LogP contribution in [-0.4, -0.2) is 43.5 Å². The minimum absolute atomic E-state index is 0.253. The summed E-state index contributed by atoms with van der Waals surface area (Å²) in [5, 5.41) is 17.2. The molecule has 4 amide bonds. The highest BCUT2D eigenvalue weighted by Gasteiger charge is 2.21. The molecule has 22 heavy (non-hydrogen) atoms. The molecule has 0 bridgehead atoms. The van der Waals surface area contributed by atoms with Gasteiger partial charge in [-0.05, 0) is 12.1 Å². The summed E-state index contributed by atoms with van der Waals surface area (Å²) in [7, 11) is 2.67. The molecule has 0 aliphatic rings. The molecule has 1 rings (SSSR count). The number of methoxy groups -OCH3 is 1. The third-order valence-corrected chi connectivity index (χ3v) is 2.53. The number of nitro groups is 1. The van der Waals surface area contributed by atoms with E-state index in [0.717, 1.165) is 6.07 Å². The number of carbonyl (C=O) groups is 3. The van der Waals surface area contributed by atoms with Gasteiger partial charge in [-0.1, -0.05) is 0 Å². The van der Waals surface area contributed by atoms with Crippen molar-refractivity contribution in [2.45, 2.75) is 0 Å². The van der Waals surface area contributed by atoms with Crippen molar-refractivity contribution in [3.63, 3.8) is 0 Å². The highest BCUT2D eigenvalue weighted by molar-refractivity contribution is 6.02. The predicted octanol–water partition coefficient (Wildman–Crippen LogP) is -0.211. The van der Waals surface area contributed by atoms with Crippen molar-refractivity contribution in [1.82, 2.24) is 16.0 Å². The fourth-order valence-electron chi connectivity index (χ4n) is 1.47. The number of nitrogens with one attached hydrogen (secondary N) is 3. The first-order valence-electron chi connectivity index (χ1n) is 6.01. The van der Waals surface area contributed by atoms with Gasteiger partial charge in [0.15, 0.2) is 0 Å². The van der Waals surface area contributed by atoms with Crippen molar-refractivity contribution in [3.8, 4) is 5.75 Å². The SMILES string of the molecule is CNC(=O)NC(=O)CNC(=O)c1cc(OC)ccc1[N+](=O)[O-]. The van der Waals surface area contributed by atoms with Gasteiger partial charge in [0.05, 0.1) is 18.6 Å². The van der Waals surface area contributed by atoms with Crippen LogP contribution >= 0.6 is 0 Å². The summed E-state index contributed by atoms with van der Waals surface area (Å²) in [5.41, 5.74) is -0.679. The summed E-state index contributed by atoms with van der Waals surface area (Å²) < 4.78 is 4.90. The van der Waals surface area contributed by atoms with Crippen LogP contribution in [0.25, 0.3) is 0 Å². The van der Waals surface area contributed by atoms with E-state index in [1.54, 1.807) is 0 Å². The van der Waals surface area contributed by atoms with Gasteiger partial charge in [0.1, 0.15) is 11.3 Å². The lowest BCUT2D eigenvalue weighted by Crippen LogP contribution is -2.43. The minimum atomic E-state index is -0.836. The molecule has 0 saturated heterocycles. The third kappa shape index (κ3) is 4.44. The van der Waals surface area contributed by atoms with E-state index in [1.165, 1.54) is 26.3 Å². The van der Waals surface area contributed by atoms with Gasteiger partial charge in [-0.15, -0.1) is 0 Å². The summed E-state index contributed by atoms with van der Waals surface area (Å²) >= 11 is 0. The Hall–Kier alpha value is -3.17. The van der Waals surface area contributed by atoms with Gasteiger partial charge in [-0.2, -0.15) is 0 Å². The van der Waals surface area contributed by atoms with Crippen molar-refractivity contribution in [2.75, 3.05) is 20.7 Å². The monoisotopic (exact) mass is 310 g/mol. The lowest BCUT2D eigenvalue weighted by molar-refractivity contribution is -0.385. The lowest BCUT2D eigenvalue weighted by Gasteiger charge is -2.07. The fourth-order valence-corrected chi connectivity index (χ4v) is 1.47. The Balaban J connectivity index is 2.82. The van der Waals surface area contributed by atoms with E-state index in [1.807, 2.05) is 5.32 Å². The molecule has 0 heterocycles. The maximum absolute atomic E-state index is 11.9. The van der Waals surface area contributed by atoms with Crippen LogP contribution in [-0.2, 0) is 4.79 Å². The molecule has 0 radical (unpaired) electrons. The van der Waals surface area contributed by atoms with E-state index in [-0.39, 0.29) is 11.3 Å². The standard InChI is InChI=1S/C12H14N4O6/c1-13-12(19)15-10(17)6-14-11(18)8-5-7(22-2)3-4-9(8)16(20)21/h3-5H,6H2,1-2H3,(H,14,18)(H2,13,15,17,19). The van der Waals surface area contributed by atoms with Crippen LogP contribution in [0.1, 0.15) is 10.4 Å². The number of nitrogens with zero attached hydrogens (tertiary/aromatic N) is 1. The maximum Gasteiger partial charge on any atom is 0.321 e. The molecule has 0 aliphatic heterocycles. The number of amides is 4. The fraction of sp³-hybridized carbons (Fsp3) is 0.250. The Labute approximate surface area is 125 Å². The normalized spacial score (nSPS) is 9.55. The van der Waals surface area contributed by atoms with Crippen molar-refractivity contribution in [1.29, 1.82) is 0 Å². The molecule has 10 nitrogen and oxygen atoms in total. The smallest absolute Gasteiger partial charge is 0.321 e. The molecule has 0 unspecified atom stereocenters. The molecular formula is C12H14N4O6. The number of hydrogen-bond acceptors (Lipinski definition) is 6. The van der Waals surface area contributed by atoms with Crippen molar-refractivity contribution in [2.24, 2.45) is 0 Å². The van der Waals surface area contributed by atoms with Gasteiger partial charge in [-0.25, -0.2) is 4.79 Å². The van der Waals surface area contributed by atoms with Crippen molar-refractivity contribution in [3.05, 3.63) is 33.9 Å². The first kappa shape index (κ1) is 16.9. The third-order valence-electron chi connectivity index (χ3n) is 2.53. The van der Waals surface area contributed by atoms with Gasteiger partial charge >= 0.3 is 6.03 Å². The second-order valence-electron chi connectivity index (χ2n) is 3.95. The molecule has 118 valence electrons. The Morgan fingerprint density at radius 3 is 2.55 bits per heavy atom. The largest absolute Gasteiger partial charge is 0.497 e. The number of imide groups is 1. The summed E-state index contributed by atoms with van der Waals surface area (Å²) in [6, 6.07) is 2.92. The van der Waals surface area contributed by atoms with Crippen molar-refractivity contribution >= 4 is 23.5 Å². The average molecular weight is 310 g/mol. The van der Waals surface area contributed by atoms with E-state index < -0.39 is 35.0 Å². The van der Waals surface area contributed by atoms with Crippen LogP contribution in [0.5, 0.6) is 5.75 Å². The number of benzene rings is 1. The van der Waals surface area contributed by atoms with Crippen LogP contribution in [0.3, 0.4) is 0 Å². The second-order valence-corrected chi connectivity index (χ2v) is 3.95. The highest BCUT2D eigenvalue weighted by atomic mass is 16.6. The quantitative estimate of drug-likeness (QED) is 0.508. The molecule has 0 spiro atoms. The van der Waals surface area contributed by atoms with Gasteiger partial charge < -0.3 is 15.4 Å². The minimum Gasteiger partial charge on any atom is -0.497 e. The number of nitro benzene ring substituents is 1. The topological polar surface area (TPSA) is 140 Å². The van der Waals surface area contributed by atoms with Gasteiger partial charge in [-0.3, -0.25) is 25.0 Å². The van der Waals surface area contributed by atoms with E-state index in [0.29, 0.717) is 0 Å². The maximum atomic E-state index is 11.9. The molecule has 1 aromatic rings. The van der Waals surface area contributed by atoms with Crippen LogP contribution in [0.4, 0.5) is 10.5 Å². The highest BCUT2D eigenvalue weighted by Crippen LogP contribution is 2.23. The molecule has 0 aliphatic carbocycles. The first-order valence-corrected chi connectivity index (χ1v) is 6.01. The molecule has 1 aromatic carbocycles. The molecule has 10 heteroatoms. The first-order chi connectivity index (χ1) is 10.4. The molecule has 3 N–H and O–H groups in total. The Morgan fingerprint density at radius 2 is 2.00 bits per heavy atom. The van der Waals surface area contributed by atoms with Crippen LogP contribution < -0.4 is 20.7 Å². The van der Waals surface area contributed by atoms with Gasteiger partial charge in [0.2, 0.25) is 5.91 Å². The van der Waals surface area contributed by atoms with E-state index in [2.05, 4.69) is 10.6 Å². The molecule has 0 fully saturated rings. The van der Waals surface area contributed by atoms with E-state index in [4.69, 9.17) is 4.74 Å². The lowest BCUT2D eigenvalue weighted by atomic mass is 10.1. The van der Waals surface area contributed by atoms with Gasteiger partial charge in [0, 0.05) is 13.1 Å². The summed E-state index contributed by atoms with van der Waals surface area (Å²) in [4.78, 5) is 44.4. The number of carbonyl (C=O) groups excluding carboxylic acids is 3.